The predicted octanol–water partition coefficient (Wildman–Crippen LogP) is 0.301. The highest BCUT2D eigenvalue weighted by Crippen LogP contribution is 2.13. The van der Waals surface area contributed by atoms with Crippen molar-refractivity contribution in [2.75, 3.05) is 13.1 Å². The molecule has 23 heavy (non-hydrogen) atoms. The van der Waals surface area contributed by atoms with Crippen LogP contribution in [0.4, 0.5) is 0 Å². The largest absolute Gasteiger partial charge is 0.346 e. The lowest BCUT2D eigenvalue weighted by Crippen LogP contribution is -2.49. The van der Waals surface area contributed by atoms with E-state index in [9.17, 15) is 9.59 Å². The van der Waals surface area contributed by atoms with Crippen LogP contribution in [-0.2, 0) is 0 Å². The van der Waals surface area contributed by atoms with Crippen molar-refractivity contribution in [1.82, 2.24) is 30.6 Å². The smallest absolute Gasteiger partial charge is 0.274 e. The highest BCUT2D eigenvalue weighted by molar-refractivity contribution is 5.93. The molecule has 1 atom stereocenters. The molecule has 0 aromatic carbocycles. The van der Waals surface area contributed by atoms with E-state index in [-0.39, 0.29) is 23.6 Å². The van der Waals surface area contributed by atoms with Crippen LogP contribution in [0.2, 0.25) is 0 Å². The van der Waals surface area contributed by atoms with Crippen molar-refractivity contribution in [1.29, 1.82) is 0 Å². The van der Waals surface area contributed by atoms with E-state index in [2.05, 4.69) is 25.7 Å². The van der Waals surface area contributed by atoms with Gasteiger partial charge in [-0.25, -0.2) is 0 Å². The Balaban J connectivity index is 1.62. The highest BCUT2D eigenvalue weighted by Gasteiger charge is 2.26. The van der Waals surface area contributed by atoms with Gasteiger partial charge in [0.2, 0.25) is 0 Å². The maximum Gasteiger partial charge on any atom is 0.274 e. The molecule has 0 spiro atoms. The van der Waals surface area contributed by atoms with Crippen molar-refractivity contribution in [2.45, 2.75) is 18.9 Å². The number of likely N-dealkylation sites (tertiary alicyclic amines) is 1. The summed E-state index contributed by atoms with van der Waals surface area (Å²) in [6.07, 6.45) is 4.67. The number of amides is 2. The summed E-state index contributed by atoms with van der Waals surface area (Å²) in [6.45, 7) is 1.09. The van der Waals surface area contributed by atoms with Crippen molar-refractivity contribution >= 4 is 11.8 Å². The summed E-state index contributed by atoms with van der Waals surface area (Å²) >= 11 is 0. The Morgan fingerprint density at radius 2 is 1.78 bits per heavy atom. The monoisotopic (exact) mass is 312 g/mol. The fourth-order valence-electron chi connectivity index (χ4n) is 2.54. The molecule has 2 aromatic heterocycles. The van der Waals surface area contributed by atoms with Crippen LogP contribution in [0.3, 0.4) is 0 Å². The zero-order valence-electron chi connectivity index (χ0n) is 12.4. The number of hydrogen-bond donors (Lipinski definition) is 1. The quantitative estimate of drug-likeness (QED) is 0.875. The van der Waals surface area contributed by atoms with Gasteiger partial charge >= 0.3 is 0 Å². The van der Waals surface area contributed by atoms with Gasteiger partial charge in [0, 0.05) is 31.5 Å². The normalized spacial score (nSPS) is 17.6. The van der Waals surface area contributed by atoms with Gasteiger partial charge in [-0.05, 0) is 37.1 Å². The minimum atomic E-state index is -0.281. The SMILES string of the molecule is O=C(N[C@@H]1CCCN(C(=O)c2cccnn2)C1)c1cccnn1. The molecule has 3 heterocycles. The average molecular weight is 312 g/mol. The van der Waals surface area contributed by atoms with E-state index in [0.29, 0.717) is 18.8 Å². The number of rotatable bonds is 3. The van der Waals surface area contributed by atoms with E-state index in [0.717, 1.165) is 12.8 Å². The molecule has 8 heteroatoms. The van der Waals surface area contributed by atoms with Crippen LogP contribution in [0.1, 0.15) is 33.8 Å². The van der Waals surface area contributed by atoms with Crippen LogP contribution < -0.4 is 5.32 Å². The Labute approximate surface area is 132 Å². The molecule has 8 nitrogen and oxygen atoms in total. The van der Waals surface area contributed by atoms with Crippen molar-refractivity contribution in [3.8, 4) is 0 Å². The summed E-state index contributed by atoms with van der Waals surface area (Å²) in [5, 5.41) is 17.9. The minimum absolute atomic E-state index is 0.112. The van der Waals surface area contributed by atoms with E-state index < -0.39 is 0 Å². The lowest BCUT2D eigenvalue weighted by Gasteiger charge is -2.32. The van der Waals surface area contributed by atoms with Crippen molar-refractivity contribution in [3.05, 3.63) is 48.0 Å². The molecule has 3 rings (SSSR count). The second-order valence-corrected chi connectivity index (χ2v) is 5.28. The van der Waals surface area contributed by atoms with E-state index in [1.807, 2.05) is 0 Å². The topological polar surface area (TPSA) is 101 Å². The fourth-order valence-corrected chi connectivity index (χ4v) is 2.54. The first-order chi connectivity index (χ1) is 11.2. The van der Waals surface area contributed by atoms with Gasteiger partial charge in [0.1, 0.15) is 0 Å². The zero-order valence-corrected chi connectivity index (χ0v) is 12.4. The van der Waals surface area contributed by atoms with Gasteiger partial charge in [-0.2, -0.15) is 10.2 Å². The van der Waals surface area contributed by atoms with E-state index in [1.165, 1.54) is 12.4 Å². The van der Waals surface area contributed by atoms with Gasteiger partial charge < -0.3 is 10.2 Å². The Hall–Kier alpha value is -2.90. The third-order valence-electron chi connectivity index (χ3n) is 3.64. The van der Waals surface area contributed by atoms with Crippen LogP contribution in [0.25, 0.3) is 0 Å². The summed E-state index contributed by atoms with van der Waals surface area (Å²) in [5.74, 6) is -0.451. The molecule has 2 amide bonds. The molecule has 0 aliphatic carbocycles. The summed E-state index contributed by atoms with van der Waals surface area (Å²) in [5.41, 5.74) is 0.582. The first-order valence-corrected chi connectivity index (χ1v) is 7.39. The molecule has 118 valence electrons. The Bertz CT molecular complexity index is 679. The number of aromatic nitrogens is 4. The molecule has 0 bridgehead atoms. The van der Waals surface area contributed by atoms with E-state index in [1.54, 1.807) is 29.2 Å². The van der Waals surface area contributed by atoms with E-state index >= 15 is 0 Å². The van der Waals surface area contributed by atoms with Gasteiger partial charge in [0.15, 0.2) is 11.4 Å². The highest BCUT2D eigenvalue weighted by atomic mass is 16.2. The van der Waals surface area contributed by atoms with Gasteiger partial charge in [-0.1, -0.05) is 0 Å². The van der Waals surface area contributed by atoms with Crippen molar-refractivity contribution in [2.24, 2.45) is 0 Å². The molecular weight excluding hydrogens is 296 g/mol. The number of nitrogens with one attached hydrogen (secondary N) is 1. The first-order valence-electron chi connectivity index (χ1n) is 7.39. The lowest BCUT2D eigenvalue weighted by atomic mass is 10.0. The van der Waals surface area contributed by atoms with Crippen LogP contribution in [0.5, 0.6) is 0 Å². The molecule has 1 fully saturated rings. The molecule has 1 aliphatic heterocycles. The maximum atomic E-state index is 12.4. The maximum absolute atomic E-state index is 12.4. The summed E-state index contributed by atoms with van der Waals surface area (Å²) in [4.78, 5) is 26.2. The first kappa shape index (κ1) is 15.0. The summed E-state index contributed by atoms with van der Waals surface area (Å²) in [7, 11) is 0. The van der Waals surface area contributed by atoms with Crippen molar-refractivity contribution < 1.29 is 9.59 Å². The number of piperidine rings is 1. The predicted molar refractivity (Wildman–Crippen MR) is 80.5 cm³/mol. The standard InChI is InChI=1S/C15H16N6O2/c22-14(12-5-1-7-16-19-12)18-11-4-3-9-21(10-11)15(23)13-6-2-8-17-20-13/h1-2,5-8,11H,3-4,9-10H2,(H,18,22)/t11-/m1/s1. The van der Waals surface area contributed by atoms with E-state index in [4.69, 9.17) is 0 Å². The Morgan fingerprint density at radius 1 is 1.09 bits per heavy atom. The summed E-state index contributed by atoms with van der Waals surface area (Å²) < 4.78 is 0. The third kappa shape index (κ3) is 3.65. The molecule has 2 aromatic rings. The zero-order chi connectivity index (χ0) is 16.1. The minimum Gasteiger partial charge on any atom is -0.346 e. The van der Waals surface area contributed by atoms with Crippen LogP contribution in [0, 0.1) is 0 Å². The summed E-state index contributed by atoms with van der Waals surface area (Å²) in [6, 6.07) is 6.47. The van der Waals surface area contributed by atoms with Crippen LogP contribution in [0.15, 0.2) is 36.7 Å². The second-order valence-electron chi connectivity index (χ2n) is 5.28. The van der Waals surface area contributed by atoms with Gasteiger partial charge in [-0.15, -0.1) is 10.2 Å². The van der Waals surface area contributed by atoms with Gasteiger partial charge in [0.25, 0.3) is 11.8 Å². The molecule has 0 unspecified atom stereocenters. The van der Waals surface area contributed by atoms with Gasteiger partial charge in [0.05, 0.1) is 0 Å². The lowest BCUT2D eigenvalue weighted by molar-refractivity contribution is 0.0668. The molecular formula is C15H16N6O2. The number of carbonyl (C=O) groups is 2. The van der Waals surface area contributed by atoms with Gasteiger partial charge in [-0.3, -0.25) is 9.59 Å². The number of carbonyl (C=O) groups excluding carboxylic acids is 2. The molecule has 0 saturated carbocycles. The molecule has 1 aliphatic rings. The number of hydrogen-bond acceptors (Lipinski definition) is 6. The number of nitrogens with zero attached hydrogens (tertiary/aromatic N) is 5. The average Bonchev–Trinajstić information content (AvgIpc) is 2.63. The molecule has 1 saturated heterocycles. The molecule has 1 N–H and O–H groups in total. The Morgan fingerprint density at radius 3 is 2.43 bits per heavy atom. The van der Waals surface area contributed by atoms with Crippen LogP contribution >= 0.6 is 0 Å². The third-order valence-corrected chi connectivity index (χ3v) is 3.64. The van der Waals surface area contributed by atoms with Crippen molar-refractivity contribution in [3.63, 3.8) is 0 Å². The Kier molecular flexibility index (Phi) is 4.51. The molecule has 0 radical (unpaired) electrons. The fraction of sp³-hybridized carbons (Fsp3) is 0.333. The van der Waals surface area contributed by atoms with Crippen LogP contribution in [-0.4, -0.2) is 56.2 Å². The second kappa shape index (κ2) is 6.91.